The molecule has 0 radical (unpaired) electrons. The zero-order valence-corrected chi connectivity index (χ0v) is 15.5. The maximum Gasteiger partial charge on any atom is 0.407 e. The number of hydrogen-bond donors (Lipinski definition) is 2. The molecule has 146 valence electrons. The van der Waals surface area contributed by atoms with E-state index in [-0.39, 0.29) is 25.2 Å². The Kier molecular flexibility index (Phi) is 5.30. The molecule has 0 spiro atoms. The van der Waals surface area contributed by atoms with Gasteiger partial charge >= 0.3 is 12.1 Å². The minimum Gasteiger partial charge on any atom is -0.481 e. The molecule has 1 aliphatic carbocycles. The van der Waals surface area contributed by atoms with E-state index in [1.54, 1.807) is 0 Å². The van der Waals surface area contributed by atoms with Crippen LogP contribution in [0.15, 0.2) is 48.5 Å². The number of fused-ring (bicyclic) bond motifs is 3. The van der Waals surface area contributed by atoms with Crippen LogP contribution in [0, 0.1) is 5.92 Å². The number of rotatable bonds is 5. The number of alkyl carbamates (subject to hydrolysis) is 1. The molecule has 2 unspecified atom stereocenters. The molecule has 2 aromatic rings. The van der Waals surface area contributed by atoms with Crippen LogP contribution in [0.3, 0.4) is 0 Å². The van der Waals surface area contributed by atoms with Crippen LogP contribution in [-0.2, 0) is 14.3 Å². The molecule has 1 amide bonds. The van der Waals surface area contributed by atoms with E-state index in [0.717, 1.165) is 0 Å². The van der Waals surface area contributed by atoms with Crippen molar-refractivity contribution in [3.05, 3.63) is 59.7 Å². The molecule has 28 heavy (non-hydrogen) atoms. The molecular weight excluding hydrogens is 358 g/mol. The summed E-state index contributed by atoms with van der Waals surface area (Å²) in [5.74, 6) is -1.26. The van der Waals surface area contributed by atoms with Crippen molar-refractivity contribution in [2.24, 2.45) is 5.92 Å². The number of benzene rings is 2. The predicted molar refractivity (Wildman–Crippen MR) is 103 cm³/mol. The standard InChI is InChI=1S/C22H23NO5/c24-21(25)14-9-10-15(27-12-14)11-23-22(26)28-13-20-18-7-3-1-5-16(18)17-6-2-4-8-19(17)20/h1-8,14-15,20H,9-13H2,(H,23,26)(H,24,25). The summed E-state index contributed by atoms with van der Waals surface area (Å²) < 4.78 is 11.0. The fourth-order valence-corrected chi connectivity index (χ4v) is 4.01. The SMILES string of the molecule is O=C(NCC1CCC(C(=O)O)CO1)OCC1c2ccccc2-c2ccccc21. The Bertz CT molecular complexity index is 827. The van der Waals surface area contributed by atoms with Gasteiger partial charge in [0.2, 0.25) is 0 Å². The number of carboxylic acid groups (broad SMARTS) is 1. The average molecular weight is 381 g/mol. The lowest BCUT2D eigenvalue weighted by atomic mass is 9.98. The number of hydrogen-bond acceptors (Lipinski definition) is 4. The van der Waals surface area contributed by atoms with Gasteiger partial charge in [-0.3, -0.25) is 4.79 Å². The van der Waals surface area contributed by atoms with Gasteiger partial charge in [-0.15, -0.1) is 0 Å². The van der Waals surface area contributed by atoms with Crippen molar-refractivity contribution in [2.75, 3.05) is 19.8 Å². The van der Waals surface area contributed by atoms with Crippen LogP contribution in [-0.4, -0.2) is 43.0 Å². The quantitative estimate of drug-likeness (QED) is 0.829. The van der Waals surface area contributed by atoms with E-state index >= 15 is 0 Å². The smallest absolute Gasteiger partial charge is 0.407 e. The molecule has 2 atom stereocenters. The molecule has 0 bridgehead atoms. The number of carbonyl (C=O) groups excluding carboxylic acids is 1. The fourth-order valence-electron chi connectivity index (χ4n) is 4.01. The highest BCUT2D eigenvalue weighted by Gasteiger charge is 2.30. The normalized spacial score (nSPS) is 20.9. The topological polar surface area (TPSA) is 84.9 Å². The number of carboxylic acids is 1. The highest BCUT2D eigenvalue weighted by Crippen LogP contribution is 2.44. The molecule has 1 fully saturated rings. The summed E-state index contributed by atoms with van der Waals surface area (Å²) in [5, 5.41) is 11.7. The lowest BCUT2D eigenvalue weighted by molar-refractivity contribution is -0.148. The number of nitrogens with one attached hydrogen (secondary N) is 1. The molecule has 1 heterocycles. The molecule has 6 nitrogen and oxygen atoms in total. The monoisotopic (exact) mass is 381 g/mol. The summed E-state index contributed by atoms with van der Waals surface area (Å²) in [6, 6.07) is 16.4. The summed E-state index contributed by atoms with van der Waals surface area (Å²) in [5.41, 5.74) is 4.73. The fraction of sp³-hybridized carbons (Fsp3) is 0.364. The van der Waals surface area contributed by atoms with Crippen molar-refractivity contribution in [3.63, 3.8) is 0 Å². The van der Waals surface area contributed by atoms with E-state index in [4.69, 9.17) is 14.6 Å². The van der Waals surface area contributed by atoms with Gasteiger partial charge in [-0.25, -0.2) is 4.79 Å². The van der Waals surface area contributed by atoms with Crippen LogP contribution in [0.1, 0.15) is 29.9 Å². The van der Waals surface area contributed by atoms with Crippen molar-refractivity contribution in [1.29, 1.82) is 0 Å². The lowest BCUT2D eigenvalue weighted by Gasteiger charge is -2.26. The summed E-state index contributed by atoms with van der Waals surface area (Å²) >= 11 is 0. The molecule has 0 saturated carbocycles. The van der Waals surface area contributed by atoms with Crippen LogP contribution >= 0.6 is 0 Å². The Balaban J connectivity index is 1.30. The van der Waals surface area contributed by atoms with Gasteiger partial charge in [0.05, 0.1) is 18.6 Å². The van der Waals surface area contributed by atoms with Gasteiger partial charge in [0.25, 0.3) is 0 Å². The van der Waals surface area contributed by atoms with E-state index in [9.17, 15) is 9.59 Å². The van der Waals surface area contributed by atoms with E-state index in [1.165, 1.54) is 22.3 Å². The minimum absolute atomic E-state index is 0.0282. The zero-order valence-electron chi connectivity index (χ0n) is 15.5. The Morgan fingerprint density at radius 2 is 1.68 bits per heavy atom. The van der Waals surface area contributed by atoms with Gasteiger partial charge in [-0.05, 0) is 35.1 Å². The Hall–Kier alpha value is -2.86. The van der Waals surface area contributed by atoms with Gasteiger partial charge in [0.1, 0.15) is 6.61 Å². The van der Waals surface area contributed by atoms with E-state index < -0.39 is 18.0 Å². The summed E-state index contributed by atoms with van der Waals surface area (Å²) in [4.78, 5) is 23.1. The van der Waals surface area contributed by atoms with Crippen molar-refractivity contribution in [3.8, 4) is 11.1 Å². The van der Waals surface area contributed by atoms with Gasteiger partial charge in [-0.2, -0.15) is 0 Å². The Morgan fingerprint density at radius 3 is 2.25 bits per heavy atom. The molecule has 2 aromatic carbocycles. The number of ether oxygens (including phenoxy) is 2. The predicted octanol–water partition coefficient (Wildman–Crippen LogP) is 3.40. The number of aliphatic carboxylic acids is 1. The summed E-state index contributed by atoms with van der Waals surface area (Å²) in [6.07, 6.45) is 0.523. The zero-order chi connectivity index (χ0) is 19.5. The Labute approximate surface area is 163 Å². The highest BCUT2D eigenvalue weighted by atomic mass is 16.5. The highest BCUT2D eigenvalue weighted by molar-refractivity contribution is 5.79. The third kappa shape index (κ3) is 3.73. The summed E-state index contributed by atoms with van der Waals surface area (Å²) in [7, 11) is 0. The first-order chi connectivity index (χ1) is 13.6. The third-order valence-electron chi connectivity index (χ3n) is 5.54. The maximum atomic E-state index is 12.2. The first-order valence-corrected chi connectivity index (χ1v) is 9.56. The van der Waals surface area contributed by atoms with Gasteiger partial charge < -0.3 is 19.9 Å². The van der Waals surface area contributed by atoms with Crippen molar-refractivity contribution < 1.29 is 24.2 Å². The van der Waals surface area contributed by atoms with Crippen molar-refractivity contribution in [2.45, 2.75) is 24.9 Å². The second kappa shape index (κ2) is 8.02. The molecule has 0 aromatic heterocycles. The van der Waals surface area contributed by atoms with Gasteiger partial charge in [-0.1, -0.05) is 48.5 Å². The van der Waals surface area contributed by atoms with Crippen molar-refractivity contribution >= 4 is 12.1 Å². The van der Waals surface area contributed by atoms with E-state index in [1.807, 2.05) is 24.3 Å². The first-order valence-electron chi connectivity index (χ1n) is 9.56. The van der Waals surface area contributed by atoms with Crippen LogP contribution in [0.25, 0.3) is 11.1 Å². The van der Waals surface area contributed by atoms with E-state index in [0.29, 0.717) is 19.4 Å². The van der Waals surface area contributed by atoms with Crippen LogP contribution in [0.4, 0.5) is 4.79 Å². The number of carbonyl (C=O) groups is 2. The van der Waals surface area contributed by atoms with Crippen molar-refractivity contribution in [1.82, 2.24) is 5.32 Å². The molecule has 6 heteroatoms. The minimum atomic E-state index is -0.831. The van der Waals surface area contributed by atoms with Crippen LogP contribution in [0.5, 0.6) is 0 Å². The lowest BCUT2D eigenvalue weighted by Crippen LogP contribution is -2.39. The first kappa shape index (κ1) is 18.5. The largest absolute Gasteiger partial charge is 0.481 e. The number of amides is 1. The molecule has 4 rings (SSSR count). The van der Waals surface area contributed by atoms with Gasteiger partial charge in [0.15, 0.2) is 0 Å². The van der Waals surface area contributed by atoms with E-state index in [2.05, 4.69) is 29.6 Å². The molecule has 1 saturated heterocycles. The second-order valence-electron chi connectivity index (χ2n) is 7.27. The third-order valence-corrected chi connectivity index (χ3v) is 5.54. The van der Waals surface area contributed by atoms with Crippen LogP contribution < -0.4 is 5.32 Å². The van der Waals surface area contributed by atoms with Gasteiger partial charge in [0, 0.05) is 12.5 Å². The van der Waals surface area contributed by atoms with Crippen LogP contribution in [0.2, 0.25) is 0 Å². The Morgan fingerprint density at radius 1 is 1.04 bits per heavy atom. The molecular formula is C22H23NO5. The molecule has 1 aliphatic heterocycles. The average Bonchev–Trinajstić information content (AvgIpc) is 3.05. The molecule has 2 aliphatic rings. The summed E-state index contributed by atoms with van der Waals surface area (Å²) in [6.45, 7) is 0.780. The maximum absolute atomic E-state index is 12.2. The second-order valence-corrected chi connectivity index (χ2v) is 7.27. The molecule has 2 N–H and O–H groups in total.